The molecule has 1 amide bonds. The Balaban J connectivity index is 1.96. The highest BCUT2D eigenvalue weighted by atomic mass is 16.1. The number of benzene rings is 1. The van der Waals surface area contributed by atoms with E-state index in [2.05, 4.69) is 10.4 Å². The van der Waals surface area contributed by atoms with Gasteiger partial charge in [-0.25, -0.2) is 0 Å². The van der Waals surface area contributed by atoms with Crippen molar-refractivity contribution >= 4 is 11.6 Å². The van der Waals surface area contributed by atoms with Crippen molar-refractivity contribution in [3.05, 3.63) is 47.8 Å². The van der Waals surface area contributed by atoms with E-state index in [1.807, 2.05) is 56.5 Å². The molecular formula is C14H18N4O. The van der Waals surface area contributed by atoms with E-state index in [0.717, 1.165) is 11.3 Å². The number of amides is 1. The SMILES string of the molecule is CN(C)c1ccc(C(=O)NCc2cnn(C)c2)cc1. The number of carbonyl (C=O) groups is 1. The number of nitrogens with zero attached hydrogens (tertiary/aromatic N) is 3. The lowest BCUT2D eigenvalue weighted by Gasteiger charge is -2.12. The van der Waals surface area contributed by atoms with Crippen LogP contribution in [-0.4, -0.2) is 29.8 Å². The Kier molecular flexibility index (Phi) is 3.85. The fourth-order valence-electron chi connectivity index (χ4n) is 1.76. The maximum absolute atomic E-state index is 12.0. The molecule has 5 heteroatoms. The van der Waals surface area contributed by atoms with E-state index in [9.17, 15) is 4.79 Å². The van der Waals surface area contributed by atoms with Gasteiger partial charge in [0.25, 0.3) is 5.91 Å². The molecular weight excluding hydrogens is 240 g/mol. The Morgan fingerprint density at radius 1 is 1.32 bits per heavy atom. The average molecular weight is 258 g/mol. The van der Waals surface area contributed by atoms with Crippen molar-refractivity contribution in [1.29, 1.82) is 0 Å². The van der Waals surface area contributed by atoms with Gasteiger partial charge in [-0.05, 0) is 24.3 Å². The van der Waals surface area contributed by atoms with E-state index < -0.39 is 0 Å². The average Bonchev–Trinajstić information content (AvgIpc) is 2.82. The summed E-state index contributed by atoms with van der Waals surface area (Å²) < 4.78 is 1.72. The molecule has 0 unspecified atom stereocenters. The monoisotopic (exact) mass is 258 g/mol. The number of nitrogens with one attached hydrogen (secondary N) is 1. The molecule has 0 atom stereocenters. The Bertz CT molecular complexity index is 557. The van der Waals surface area contributed by atoms with E-state index in [-0.39, 0.29) is 5.91 Å². The minimum atomic E-state index is -0.0749. The molecule has 0 fully saturated rings. The van der Waals surface area contributed by atoms with Crippen LogP contribution in [0.15, 0.2) is 36.7 Å². The van der Waals surface area contributed by atoms with E-state index in [1.54, 1.807) is 10.9 Å². The van der Waals surface area contributed by atoms with E-state index in [0.29, 0.717) is 12.1 Å². The number of aryl methyl sites for hydroxylation is 1. The Morgan fingerprint density at radius 2 is 2.00 bits per heavy atom. The summed E-state index contributed by atoms with van der Waals surface area (Å²) in [5.41, 5.74) is 2.72. The summed E-state index contributed by atoms with van der Waals surface area (Å²) in [6.45, 7) is 0.488. The van der Waals surface area contributed by atoms with Crippen LogP contribution >= 0.6 is 0 Å². The number of hydrogen-bond acceptors (Lipinski definition) is 3. The van der Waals surface area contributed by atoms with E-state index in [4.69, 9.17) is 0 Å². The van der Waals surface area contributed by atoms with Crippen molar-refractivity contribution in [3.63, 3.8) is 0 Å². The third-order valence-corrected chi connectivity index (χ3v) is 2.86. The zero-order valence-electron chi connectivity index (χ0n) is 11.4. The molecule has 0 saturated heterocycles. The summed E-state index contributed by atoms with van der Waals surface area (Å²) in [5.74, 6) is -0.0749. The predicted molar refractivity (Wildman–Crippen MR) is 75.1 cm³/mol. The molecule has 1 aromatic heterocycles. The molecule has 0 aliphatic rings. The van der Waals surface area contributed by atoms with Crippen LogP contribution in [0, 0.1) is 0 Å². The van der Waals surface area contributed by atoms with Crippen LogP contribution in [0.5, 0.6) is 0 Å². The van der Waals surface area contributed by atoms with Gasteiger partial charge in [0.1, 0.15) is 0 Å². The third-order valence-electron chi connectivity index (χ3n) is 2.86. The second kappa shape index (κ2) is 5.56. The maximum Gasteiger partial charge on any atom is 0.251 e. The van der Waals surface area contributed by atoms with E-state index >= 15 is 0 Å². The van der Waals surface area contributed by atoms with Crippen molar-refractivity contribution in [2.75, 3.05) is 19.0 Å². The first kappa shape index (κ1) is 13.1. The van der Waals surface area contributed by atoms with Gasteiger partial charge in [0, 0.05) is 50.7 Å². The van der Waals surface area contributed by atoms with Gasteiger partial charge in [-0.3, -0.25) is 9.48 Å². The van der Waals surface area contributed by atoms with Crippen LogP contribution in [0.1, 0.15) is 15.9 Å². The van der Waals surface area contributed by atoms with Crippen molar-refractivity contribution < 1.29 is 4.79 Å². The molecule has 2 rings (SSSR count). The van der Waals surface area contributed by atoms with Crippen molar-refractivity contribution in [3.8, 4) is 0 Å². The number of carbonyl (C=O) groups excluding carboxylic acids is 1. The smallest absolute Gasteiger partial charge is 0.251 e. The van der Waals surface area contributed by atoms with E-state index in [1.165, 1.54) is 0 Å². The molecule has 5 nitrogen and oxygen atoms in total. The standard InChI is InChI=1S/C14H18N4O/c1-17(2)13-6-4-12(5-7-13)14(19)15-8-11-9-16-18(3)10-11/h4-7,9-10H,8H2,1-3H3,(H,15,19). The van der Waals surface area contributed by atoms with Gasteiger partial charge < -0.3 is 10.2 Å². The lowest BCUT2D eigenvalue weighted by atomic mass is 10.2. The number of rotatable bonds is 4. The second-order valence-electron chi connectivity index (χ2n) is 4.65. The van der Waals surface area contributed by atoms with Gasteiger partial charge >= 0.3 is 0 Å². The fraction of sp³-hybridized carbons (Fsp3) is 0.286. The van der Waals surface area contributed by atoms with Gasteiger partial charge in [-0.1, -0.05) is 0 Å². The minimum absolute atomic E-state index is 0.0749. The molecule has 0 spiro atoms. The van der Waals surface area contributed by atoms with Crippen molar-refractivity contribution in [2.45, 2.75) is 6.54 Å². The zero-order valence-corrected chi connectivity index (χ0v) is 11.4. The number of hydrogen-bond donors (Lipinski definition) is 1. The van der Waals surface area contributed by atoms with Crippen LogP contribution in [0.3, 0.4) is 0 Å². The normalized spacial score (nSPS) is 10.3. The highest BCUT2D eigenvalue weighted by Gasteiger charge is 2.06. The second-order valence-corrected chi connectivity index (χ2v) is 4.65. The molecule has 100 valence electrons. The Morgan fingerprint density at radius 3 is 2.53 bits per heavy atom. The lowest BCUT2D eigenvalue weighted by Crippen LogP contribution is -2.22. The maximum atomic E-state index is 12.0. The summed E-state index contributed by atoms with van der Waals surface area (Å²) >= 11 is 0. The van der Waals surface area contributed by atoms with Crippen LogP contribution in [0.4, 0.5) is 5.69 Å². The fourth-order valence-corrected chi connectivity index (χ4v) is 1.76. The first-order valence-corrected chi connectivity index (χ1v) is 6.09. The number of anilines is 1. The Labute approximate surface area is 112 Å². The molecule has 1 heterocycles. The van der Waals surface area contributed by atoms with Crippen LogP contribution < -0.4 is 10.2 Å². The summed E-state index contributed by atoms with van der Waals surface area (Å²) in [5, 5.41) is 6.93. The molecule has 19 heavy (non-hydrogen) atoms. The van der Waals surface area contributed by atoms with Gasteiger partial charge in [0.05, 0.1) is 6.20 Å². The van der Waals surface area contributed by atoms with Crippen molar-refractivity contribution in [1.82, 2.24) is 15.1 Å². The van der Waals surface area contributed by atoms with Gasteiger partial charge in [-0.15, -0.1) is 0 Å². The van der Waals surface area contributed by atoms with Crippen LogP contribution in [0.2, 0.25) is 0 Å². The van der Waals surface area contributed by atoms with Crippen LogP contribution in [-0.2, 0) is 13.6 Å². The highest BCUT2D eigenvalue weighted by Crippen LogP contribution is 2.12. The Hall–Kier alpha value is -2.30. The molecule has 1 N–H and O–H groups in total. The minimum Gasteiger partial charge on any atom is -0.378 e. The summed E-state index contributed by atoms with van der Waals surface area (Å²) in [6, 6.07) is 7.51. The summed E-state index contributed by atoms with van der Waals surface area (Å²) in [7, 11) is 5.79. The highest BCUT2D eigenvalue weighted by molar-refractivity contribution is 5.94. The first-order valence-electron chi connectivity index (χ1n) is 6.09. The largest absolute Gasteiger partial charge is 0.378 e. The molecule has 0 bridgehead atoms. The van der Waals surface area contributed by atoms with Crippen LogP contribution in [0.25, 0.3) is 0 Å². The molecule has 2 aromatic rings. The molecule has 1 aromatic carbocycles. The summed E-state index contributed by atoms with van der Waals surface area (Å²) in [6.07, 6.45) is 3.63. The third kappa shape index (κ3) is 3.34. The topological polar surface area (TPSA) is 50.2 Å². The molecule has 0 aliphatic heterocycles. The quantitative estimate of drug-likeness (QED) is 0.902. The van der Waals surface area contributed by atoms with Crippen molar-refractivity contribution in [2.24, 2.45) is 7.05 Å². The first-order chi connectivity index (χ1) is 9.06. The number of aromatic nitrogens is 2. The molecule has 0 radical (unpaired) electrons. The molecule has 0 saturated carbocycles. The van der Waals surface area contributed by atoms with Gasteiger partial charge in [0.15, 0.2) is 0 Å². The van der Waals surface area contributed by atoms with Gasteiger partial charge in [-0.2, -0.15) is 5.10 Å². The van der Waals surface area contributed by atoms with Gasteiger partial charge in [0.2, 0.25) is 0 Å². The lowest BCUT2D eigenvalue weighted by molar-refractivity contribution is 0.0951. The molecule has 0 aliphatic carbocycles. The zero-order chi connectivity index (χ0) is 13.8. The predicted octanol–water partition coefficient (Wildman–Crippen LogP) is 1.42. The summed E-state index contributed by atoms with van der Waals surface area (Å²) in [4.78, 5) is 14.0.